The molecule has 96 valence electrons. The Kier molecular flexibility index (Phi) is 6.71. The van der Waals surface area contributed by atoms with Crippen LogP contribution < -0.4 is 10.1 Å². The molecule has 0 amide bonds. The Balaban J connectivity index is 2.33. The van der Waals surface area contributed by atoms with Crippen LogP contribution >= 0.6 is 0 Å². The maximum atomic E-state index is 5.94. The maximum absolute atomic E-state index is 5.94. The summed E-state index contributed by atoms with van der Waals surface area (Å²) < 4.78 is 5.94. The molecule has 1 aromatic carbocycles. The summed E-state index contributed by atoms with van der Waals surface area (Å²) in [6, 6.07) is 8.27. The lowest BCUT2D eigenvalue weighted by Gasteiger charge is -2.18. The first-order valence-corrected chi connectivity index (χ1v) is 6.70. The second-order valence-corrected chi connectivity index (χ2v) is 4.52. The third kappa shape index (κ3) is 5.73. The van der Waals surface area contributed by atoms with Crippen molar-refractivity contribution in [3.8, 4) is 5.75 Å². The highest BCUT2D eigenvalue weighted by Gasteiger charge is 2.07. The van der Waals surface area contributed by atoms with Crippen LogP contribution in [0.3, 0.4) is 0 Å². The van der Waals surface area contributed by atoms with Crippen LogP contribution in [0.1, 0.15) is 38.7 Å². The van der Waals surface area contributed by atoms with Gasteiger partial charge in [0.25, 0.3) is 0 Å². The van der Waals surface area contributed by atoms with E-state index < -0.39 is 0 Å². The molecule has 0 aliphatic carbocycles. The fourth-order valence-electron chi connectivity index (χ4n) is 1.64. The molecule has 0 spiro atoms. The molecule has 1 unspecified atom stereocenters. The van der Waals surface area contributed by atoms with Crippen molar-refractivity contribution in [2.24, 2.45) is 0 Å². The lowest BCUT2D eigenvalue weighted by molar-refractivity contribution is 0.193. The third-order valence-electron chi connectivity index (χ3n) is 2.86. The quantitative estimate of drug-likeness (QED) is 0.696. The second-order valence-electron chi connectivity index (χ2n) is 4.52. The molecule has 1 N–H and O–H groups in total. The van der Waals surface area contributed by atoms with Crippen LogP contribution in [0.2, 0.25) is 0 Å². The second kappa shape index (κ2) is 8.13. The molecule has 0 saturated heterocycles. The van der Waals surface area contributed by atoms with E-state index in [4.69, 9.17) is 4.74 Å². The molecule has 2 heteroatoms. The van der Waals surface area contributed by atoms with Crippen LogP contribution in [-0.2, 0) is 0 Å². The van der Waals surface area contributed by atoms with Gasteiger partial charge >= 0.3 is 0 Å². The minimum Gasteiger partial charge on any atom is -0.489 e. The van der Waals surface area contributed by atoms with Crippen molar-refractivity contribution in [2.45, 2.75) is 46.1 Å². The summed E-state index contributed by atoms with van der Waals surface area (Å²) in [5.74, 6) is 0.972. The van der Waals surface area contributed by atoms with Crippen molar-refractivity contribution in [1.82, 2.24) is 5.32 Å². The van der Waals surface area contributed by atoms with E-state index >= 15 is 0 Å². The fourth-order valence-corrected chi connectivity index (χ4v) is 1.64. The van der Waals surface area contributed by atoms with Crippen molar-refractivity contribution < 1.29 is 4.74 Å². The molecule has 1 rings (SSSR count). The largest absolute Gasteiger partial charge is 0.489 e. The molecular formula is C15H25NO. The SMILES string of the molecule is CCCCNCC(CC)Oc1ccc(C)cc1. The van der Waals surface area contributed by atoms with Crippen molar-refractivity contribution in [1.29, 1.82) is 0 Å². The molecule has 0 aliphatic heterocycles. The molecule has 0 radical (unpaired) electrons. The number of ether oxygens (including phenoxy) is 1. The molecule has 0 aromatic heterocycles. The molecule has 0 saturated carbocycles. The summed E-state index contributed by atoms with van der Waals surface area (Å²) in [4.78, 5) is 0. The van der Waals surface area contributed by atoms with E-state index in [-0.39, 0.29) is 6.10 Å². The predicted octanol–water partition coefficient (Wildman–Crippen LogP) is 3.54. The normalized spacial score (nSPS) is 12.4. The van der Waals surface area contributed by atoms with Gasteiger partial charge in [-0.05, 0) is 38.4 Å². The van der Waals surface area contributed by atoms with Crippen molar-refractivity contribution in [3.63, 3.8) is 0 Å². The van der Waals surface area contributed by atoms with Gasteiger partial charge in [-0.15, -0.1) is 0 Å². The Hall–Kier alpha value is -1.02. The average molecular weight is 235 g/mol. The van der Waals surface area contributed by atoms with Crippen LogP contribution in [0.15, 0.2) is 24.3 Å². The van der Waals surface area contributed by atoms with Gasteiger partial charge in [0.2, 0.25) is 0 Å². The van der Waals surface area contributed by atoms with E-state index in [2.05, 4.69) is 38.2 Å². The summed E-state index contributed by atoms with van der Waals surface area (Å²) in [6.45, 7) is 8.49. The first-order valence-electron chi connectivity index (χ1n) is 6.70. The highest BCUT2D eigenvalue weighted by Crippen LogP contribution is 2.14. The van der Waals surface area contributed by atoms with Crippen molar-refractivity contribution in [3.05, 3.63) is 29.8 Å². The van der Waals surface area contributed by atoms with Gasteiger partial charge in [-0.2, -0.15) is 0 Å². The fraction of sp³-hybridized carbons (Fsp3) is 0.600. The summed E-state index contributed by atoms with van der Waals surface area (Å²) in [5.41, 5.74) is 1.27. The monoisotopic (exact) mass is 235 g/mol. The molecule has 1 aromatic rings. The maximum Gasteiger partial charge on any atom is 0.119 e. The van der Waals surface area contributed by atoms with Gasteiger partial charge in [0.05, 0.1) is 0 Å². The number of unbranched alkanes of at least 4 members (excludes halogenated alkanes) is 1. The zero-order valence-corrected chi connectivity index (χ0v) is 11.3. The van der Waals surface area contributed by atoms with Gasteiger partial charge in [0, 0.05) is 6.54 Å². The van der Waals surface area contributed by atoms with E-state index in [1.807, 2.05) is 12.1 Å². The Labute approximate surface area is 105 Å². The van der Waals surface area contributed by atoms with E-state index in [1.165, 1.54) is 18.4 Å². The Morgan fingerprint density at radius 3 is 2.47 bits per heavy atom. The lowest BCUT2D eigenvalue weighted by atomic mass is 10.2. The van der Waals surface area contributed by atoms with E-state index in [0.29, 0.717) is 0 Å². The molecule has 0 bridgehead atoms. The highest BCUT2D eigenvalue weighted by molar-refractivity contribution is 5.26. The third-order valence-corrected chi connectivity index (χ3v) is 2.86. The summed E-state index contributed by atoms with van der Waals surface area (Å²) in [7, 11) is 0. The van der Waals surface area contributed by atoms with Crippen LogP contribution in [0.25, 0.3) is 0 Å². The van der Waals surface area contributed by atoms with Crippen LogP contribution in [0.5, 0.6) is 5.75 Å². The molecule has 17 heavy (non-hydrogen) atoms. The molecule has 0 aliphatic rings. The van der Waals surface area contributed by atoms with E-state index in [1.54, 1.807) is 0 Å². The van der Waals surface area contributed by atoms with E-state index in [9.17, 15) is 0 Å². The highest BCUT2D eigenvalue weighted by atomic mass is 16.5. The van der Waals surface area contributed by atoms with Crippen LogP contribution in [-0.4, -0.2) is 19.2 Å². The molecule has 1 atom stereocenters. The smallest absolute Gasteiger partial charge is 0.119 e. The van der Waals surface area contributed by atoms with Gasteiger partial charge in [-0.25, -0.2) is 0 Å². The Bertz CT molecular complexity index is 294. The predicted molar refractivity (Wildman–Crippen MR) is 73.7 cm³/mol. The number of aryl methyl sites for hydroxylation is 1. The Morgan fingerprint density at radius 2 is 1.88 bits per heavy atom. The molecule has 0 heterocycles. The van der Waals surface area contributed by atoms with Gasteiger partial charge in [0.1, 0.15) is 11.9 Å². The van der Waals surface area contributed by atoms with Crippen LogP contribution in [0, 0.1) is 6.92 Å². The minimum atomic E-state index is 0.273. The number of rotatable bonds is 8. The van der Waals surface area contributed by atoms with Crippen molar-refractivity contribution >= 4 is 0 Å². The lowest BCUT2D eigenvalue weighted by Crippen LogP contribution is -2.31. The average Bonchev–Trinajstić information content (AvgIpc) is 2.35. The summed E-state index contributed by atoms with van der Waals surface area (Å²) >= 11 is 0. The van der Waals surface area contributed by atoms with Gasteiger partial charge in [-0.3, -0.25) is 0 Å². The number of nitrogens with one attached hydrogen (secondary N) is 1. The first kappa shape index (κ1) is 14.0. The topological polar surface area (TPSA) is 21.3 Å². The number of hydrogen-bond donors (Lipinski definition) is 1. The number of benzene rings is 1. The molecular weight excluding hydrogens is 210 g/mol. The first-order chi connectivity index (χ1) is 8.26. The van der Waals surface area contributed by atoms with Crippen LogP contribution in [0.4, 0.5) is 0 Å². The zero-order valence-electron chi connectivity index (χ0n) is 11.3. The molecule has 0 fully saturated rings. The Morgan fingerprint density at radius 1 is 1.18 bits per heavy atom. The summed E-state index contributed by atoms with van der Waals surface area (Å²) in [6.07, 6.45) is 3.78. The minimum absolute atomic E-state index is 0.273. The van der Waals surface area contributed by atoms with Crippen molar-refractivity contribution in [2.75, 3.05) is 13.1 Å². The zero-order chi connectivity index (χ0) is 12.5. The van der Waals surface area contributed by atoms with Gasteiger partial charge in [-0.1, -0.05) is 38.0 Å². The van der Waals surface area contributed by atoms with Gasteiger partial charge in [0.15, 0.2) is 0 Å². The summed E-state index contributed by atoms with van der Waals surface area (Å²) in [5, 5.41) is 3.44. The molecule has 2 nitrogen and oxygen atoms in total. The number of hydrogen-bond acceptors (Lipinski definition) is 2. The standard InChI is InChI=1S/C15H25NO/c1-4-6-11-16-12-14(5-2)17-15-9-7-13(3)8-10-15/h7-10,14,16H,4-6,11-12H2,1-3H3. The van der Waals surface area contributed by atoms with Gasteiger partial charge < -0.3 is 10.1 Å². The van der Waals surface area contributed by atoms with E-state index in [0.717, 1.165) is 25.3 Å².